The first kappa shape index (κ1) is 27.4. The van der Waals surface area contributed by atoms with E-state index < -0.39 is 14.3 Å². The van der Waals surface area contributed by atoms with Crippen LogP contribution < -0.4 is 0 Å². The van der Waals surface area contributed by atoms with Gasteiger partial charge in [-0.1, -0.05) is 143 Å². The second kappa shape index (κ2) is 12.2. The molecule has 0 rings (SSSR count). The van der Waals surface area contributed by atoms with Crippen molar-refractivity contribution in [2.45, 2.75) is 25.7 Å². The van der Waals surface area contributed by atoms with Gasteiger partial charge >= 0.3 is 7.82 Å². The van der Waals surface area contributed by atoms with E-state index in [4.69, 9.17) is 13.6 Å². The molecular weight excluding hydrogens is 922 g/mol. The Balaban J connectivity index is 4.53. The molecule has 0 aromatic heterocycles. The van der Waals surface area contributed by atoms with Gasteiger partial charge in [0.15, 0.2) is 0 Å². The van der Waals surface area contributed by atoms with E-state index in [0.717, 1.165) is 0 Å². The smallest absolute Gasteiger partial charge is 0.287 e. The van der Waals surface area contributed by atoms with E-state index in [1.54, 1.807) is 0 Å². The molecule has 0 amide bonds. The van der Waals surface area contributed by atoms with E-state index >= 15 is 0 Å². The normalized spacial score (nSPS) is 14.3. The van der Waals surface area contributed by atoms with Crippen LogP contribution >= 0.6 is 151 Å². The zero-order chi connectivity index (χ0) is 18.4. The summed E-state index contributed by atoms with van der Waals surface area (Å²) in [6.45, 7) is 0.509. The molecule has 0 aliphatic rings. The summed E-state index contributed by atoms with van der Waals surface area (Å²) in [7, 11) is -3.67. The molecule has 14 heteroatoms. The standard InChI is InChI=1S/C9H12Br9O4P/c10-7(11,12)1-4-20-23(19,21-5-2-8(13,14)15)22-6-3-9(16,17)18/h1-6H2. The highest BCUT2D eigenvalue weighted by molar-refractivity contribution is 9.40. The van der Waals surface area contributed by atoms with Crippen molar-refractivity contribution in [2.24, 2.45) is 0 Å². The van der Waals surface area contributed by atoms with Crippen LogP contribution in [0.25, 0.3) is 0 Å². The zero-order valence-corrected chi connectivity index (χ0v) is 26.4. The summed E-state index contributed by atoms with van der Waals surface area (Å²) >= 11 is 30.1. The maximum absolute atomic E-state index is 12.7. The maximum atomic E-state index is 12.7. The van der Waals surface area contributed by atoms with Gasteiger partial charge < -0.3 is 0 Å². The predicted octanol–water partition coefficient (Wildman–Crippen LogP) is 8.83. The van der Waals surface area contributed by atoms with Crippen molar-refractivity contribution in [1.82, 2.24) is 0 Å². The number of rotatable bonds is 9. The van der Waals surface area contributed by atoms with Crippen LogP contribution in [0.1, 0.15) is 19.3 Å². The molecule has 0 N–H and O–H groups in total. The zero-order valence-electron chi connectivity index (χ0n) is 11.2. The first-order valence-corrected chi connectivity index (χ1v) is 14.5. The molecule has 0 fully saturated rings. The van der Waals surface area contributed by atoms with E-state index in [1.165, 1.54) is 0 Å². The summed E-state index contributed by atoms with van der Waals surface area (Å²) in [4.78, 5) is 0. The summed E-state index contributed by atoms with van der Waals surface area (Å²) in [6, 6.07) is 0. The minimum atomic E-state index is -3.67. The first-order valence-electron chi connectivity index (χ1n) is 5.86. The van der Waals surface area contributed by atoms with Crippen molar-refractivity contribution in [3.8, 4) is 0 Å². The Labute approximate surface area is 211 Å². The van der Waals surface area contributed by atoms with Crippen LogP contribution in [-0.2, 0) is 18.1 Å². The second-order valence-corrected chi connectivity index (χ2v) is 27.5. The highest BCUT2D eigenvalue weighted by Gasteiger charge is 2.31. The van der Waals surface area contributed by atoms with Crippen LogP contribution in [0.2, 0.25) is 0 Å². The summed E-state index contributed by atoms with van der Waals surface area (Å²) < 4.78 is 27.3. The van der Waals surface area contributed by atoms with Gasteiger partial charge in [-0.15, -0.1) is 0 Å². The van der Waals surface area contributed by atoms with Crippen molar-refractivity contribution in [1.29, 1.82) is 0 Å². The summed E-state index contributed by atoms with van der Waals surface area (Å²) in [5.74, 6) is 0. The number of hydrogen-bond acceptors (Lipinski definition) is 4. The van der Waals surface area contributed by atoms with Crippen molar-refractivity contribution < 1.29 is 18.1 Å². The van der Waals surface area contributed by atoms with Crippen LogP contribution in [0.4, 0.5) is 0 Å². The maximum Gasteiger partial charge on any atom is 0.474 e. The van der Waals surface area contributed by atoms with Crippen LogP contribution in [0.15, 0.2) is 0 Å². The van der Waals surface area contributed by atoms with Gasteiger partial charge in [-0.3, -0.25) is 13.6 Å². The molecule has 0 radical (unpaired) electrons. The minimum Gasteiger partial charge on any atom is -0.287 e. The summed E-state index contributed by atoms with van der Waals surface area (Å²) in [5, 5.41) is 0. The number of hydrogen-bond donors (Lipinski definition) is 0. The van der Waals surface area contributed by atoms with Gasteiger partial charge in [-0.05, 0) is 0 Å². The third-order valence-electron chi connectivity index (χ3n) is 1.90. The van der Waals surface area contributed by atoms with Gasteiger partial charge in [0.25, 0.3) is 0 Å². The Morgan fingerprint density at radius 2 is 0.783 bits per heavy atom. The van der Waals surface area contributed by atoms with E-state index in [2.05, 4.69) is 143 Å². The largest absolute Gasteiger partial charge is 0.474 e. The SMILES string of the molecule is O=P(OCCC(Br)(Br)Br)(OCCC(Br)(Br)Br)OCCC(Br)(Br)Br. The van der Waals surface area contributed by atoms with Crippen molar-refractivity contribution in [3.05, 3.63) is 0 Å². The Morgan fingerprint density at radius 1 is 0.565 bits per heavy atom. The van der Waals surface area contributed by atoms with Crippen LogP contribution in [-0.4, -0.2) is 26.2 Å². The molecule has 0 bridgehead atoms. The number of alkyl halides is 9. The van der Waals surface area contributed by atoms with E-state index in [0.29, 0.717) is 19.3 Å². The fourth-order valence-corrected chi connectivity index (χ4v) is 3.56. The van der Waals surface area contributed by atoms with Crippen LogP contribution in [0, 0.1) is 0 Å². The molecule has 0 saturated carbocycles. The number of phosphoric ester groups is 1. The van der Waals surface area contributed by atoms with Crippen molar-refractivity contribution in [3.63, 3.8) is 0 Å². The number of halogens is 9. The molecule has 0 saturated heterocycles. The van der Waals surface area contributed by atoms with E-state index in [1.807, 2.05) is 0 Å². The quantitative estimate of drug-likeness (QED) is 0.172. The van der Waals surface area contributed by atoms with Gasteiger partial charge in [0, 0.05) is 19.3 Å². The second-order valence-electron chi connectivity index (χ2n) is 4.04. The molecule has 0 aliphatic heterocycles. The third-order valence-corrected chi connectivity index (χ3v) is 6.97. The monoisotopic (exact) mass is 925 g/mol. The van der Waals surface area contributed by atoms with Crippen LogP contribution in [0.3, 0.4) is 0 Å². The molecular formula is C9H12Br9O4P. The lowest BCUT2D eigenvalue weighted by molar-refractivity contribution is 0.112. The molecule has 0 unspecified atom stereocenters. The van der Waals surface area contributed by atoms with Gasteiger partial charge in [0.1, 0.15) is 6.43 Å². The molecule has 0 aromatic rings. The van der Waals surface area contributed by atoms with Gasteiger partial charge in [-0.2, -0.15) is 0 Å². The molecule has 23 heavy (non-hydrogen) atoms. The first-order chi connectivity index (χ1) is 10.1. The molecule has 4 nitrogen and oxygen atoms in total. The fourth-order valence-electron chi connectivity index (χ4n) is 0.931. The Bertz CT molecular complexity index is 333. The van der Waals surface area contributed by atoms with E-state index in [-0.39, 0.29) is 19.8 Å². The Hall–Kier alpha value is 4.43. The highest BCUT2D eigenvalue weighted by atomic mass is 80.0. The molecule has 0 spiro atoms. The predicted molar refractivity (Wildman–Crippen MR) is 128 cm³/mol. The topological polar surface area (TPSA) is 44.8 Å². The molecule has 0 aliphatic carbocycles. The average molecular weight is 934 g/mol. The lowest BCUT2D eigenvalue weighted by Gasteiger charge is -2.21. The van der Waals surface area contributed by atoms with Gasteiger partial charge in [-0.25, -0.2) is 4.57 Å². The van der Waals surface area contributed by atoms with Gasteiger partial charge in [0.2, 0.25) is 0 Å². The Morgan fingerprint density at radius 3 is 0.957 bits per heavy atom. The number of phosphoric acid groups is 1. The highest BCUT2D eigenvalue weighted by Crippen LogP contribution is 2.52. The van der Waals surface area contributed by atoms with Crippen molar-refractivity contribution >= 4 is 151 Å². The fraction of sp³-hybridized carbons (Fsp3) is 1.00. The van der Waals surface area contributed by atoms with E-state index in [9.17, 15) is 4.57 Å². The summed E-state index contributed by atoms with van der Waals surface area (Å²) in [6.07, 6.45) is 1.51. The lowest BCUT2D eigenvalue weighted by atomic mass is 10.5. The molecule has 0 atom stereocenters. The van der Waals surface area contributed by atoms with Crippen molar-refractivity contribution in [2.75, 3.05) is 19.8 Å². The molecule has 0 heterocycles. The molecule has 140 valence electrons. The minimum absolute atomic E-state index is 0.170. The lowest BCUT2D eigenvalue weighted by Crippen LogP contribution is -2.12. The third kappa shape index (κ3) is 19.5. The van der Waals surface area contributed by atoms with Gasteiger partial charge in [0.05, 0.1) is 19.8 Å². The average Bonchev–Trinajstić information content (AvgIpc) is 2.22. The summed E-state index contributed by atoms with van der Waals surface area (Å²) in [5.41, 5.74) is 0. The van der Waals surface area contributed by atoms with Crippen LogP contribution in [0.5, 0.6) is 0 Å². The Kier molecular flexibility index (Phi) is 14.5. The molecule has 0 aromatic carbocycles.